The molecule has 0 fully saturated rings. The molecule has 0 atom stereocenters. The van der Waals surface area contributed by atoms with E-state index >= 15 is 0 Å². The van der Waals surface area contributed by atoms with Crippen LogP contribution in [0.25, 0.3) is 10.9 Å². The van der Waals surface area contributed by atoms with E-state index in [4.69, 9.17) is 15.2 Å². The molecular formula is C28H40N2O3. The Labute approximate surface area is 198 Å². The molecule has 0 aliphatic carbocycles. The van der Waals surface area contributed by atoms with Crippen molar-refractivity contribution < 1.29 is 9.47 Å². The van der Waals surface area contributed by atoms with Crippen LogP contribution in [0.3, 0.4) is 0 Å². The highest BCUT2D eigenvalue weighted by molar-refractivity contribution is 5.90. The highest BCUT2D eigenvalue weighted by atomic mass is 16.5. The lowest BCUT2D eigenvalue weighted by Gasteiger charge is -2.18. The van der Waals surface area contributed by atoms with Crippen molar-refractivity contribution in [2.45, 2.75) is 73.8 Å². The van der Waals surface area contributed by atoms with Gasteiger partial charge in [-0.3, -0.25) is 4.79 Å². The van der Waals surface area contributed by atoms with Gasteiger partial charge in [0.2, 0.25) is 5.75 Å². The molecule has 0 saturated carbocycles. The van der Waals surface area contributed by atoms with Crippen molar-refractivity contribution in [2.75, 3.05) is 18.9 Å². The van der Waals surface area contributed by atoms with Gasteiger partial charge in [0, 0.05) is 17.6 Å². The minimum absolute atomic E-state index is 0.177. The molecule has 5 heteroatoms. The Morgan fingerprint density at radius 2 is 1.64 bits per heavy atom. The van der Waals surface area contributed by atoms with E-state index in [-0.39, 0.29) is 11.3 Å². The zero-order valence-electron chi connectivity index (χ0n) is 21.2. The monoisotopic (exact) mass is 452 g/mol. The molecule has 1 heterocycles. The van der Waals surface area contributed by atoms with Crippen LogP contribution in [0.5, 0.6) is 11.5 Å². The molecule has 0 saturated heterocycles. The van der Waals surface area contributed by atoms with E-state index in [1.165, 1.54) is 11.1 Å². The molecule has 2 N–H and O–H groups in total. The Hall–Kier alpha value is -2.95. The number of nitrogens with two attached hydrogens (primary N) is 1. The third-order valence-corrected chi connectivity index (χ3v) is 5.41. The third kappa shape index (κ3) is 7.85. The summed E-state index contributed by atoms with van der Waals surface area (Å²) in [4.78, 5) is 13.5. The summed E-state index contributed by atoms with van der Waals surface area (Å²) in [5, 5.41) is 0.835. The lowest BCUT2D eigenvalue weighted by atomic mass is 10.1. The molecule has 0 unspecified atom stereocenters. The van der Waals surface area contributed by atoms with Gasteiger partial charge >= 0.3 is 0 Å². The summed E-state index contributed by atoms with van der Waals surface area (Å²) in [6.45, 7) is 13.8. The second kappa shape index (κ2) is 12.9. The predicted molar refractivity (Wildman–Crippen MR) is 140 cm³/mol. The zero-order valence-corrected chi connectivity index (χ0v) is 21.2. The van der Waals surface area contributed by atoms with Crippen LogP contribution >= 0.6 is 0 Å². The number of nitrogen functional groups attached to an aromatic ring is 1. The number of pyridine rings is 1. The molecule has 2 aromatic rings. The summed E-state index contributed by atoms with van der Waals surface area (Å²) >= 11 is 0. The molecule has 1 aromatic heterocycles. The van der Waals surface area contributed by atoms with Crippen LogP contribution in [0.4, 0.5) is 5.69 Å². The standard InChI is InChI=1S/C28H40N2O3/c1-7-8-16-30-25-19-23(29)12-13-24(25)26(32-17-14-21(4)5)27(28(30)31)33-18-15-22(6)11-9-10-20(2)3/h10,12-15,19H,7-9,11,16-18,29H2,1-6H3. The van der Waals surface area contributed by atoms with Gasteiger partial charge in [-0.2, -0.15) is 0 Å². The van der Waals surface area contributed by atoms with Gasteiger partial charge in [0.1, 0.15) is 13.2 Å². The van der Waals surface area contributed by atoms with Crippen LogP contribution < -0.4 is 20.8 Å². The van der Waals surface area contributed by atoms with Crippen molar-refractivity contribution >= 4 is 16.6 Å². The molecule has 0 aliphatic heterocycles. The molecular weight excluding hydrogens is 412 g/mol. The molecule has 0 radical (unpaired) electrons. The normalized spacial score (nSPS) is 11.4. The van der Waals surface area contributed by atoms with Crippen molar-refractivity contribution in [3.8, 4) is 11.5 Å². The Balaban J connectivity index is 2.47. The number of aromatic nitrogens is 1. The molecule has 5 nitrogen and oxygen atoms in total. The molecule has 0 bridgehead atoms. The second-order valence-corrected chi connectivity index (χ2v) is 9.02. The number of rotatable bonds is 12. The van der Waals surface area contributed by atoms with Gasteiger partial charge in [-0.15, -0.1) is 0 Å². The van der Waals surface area contributed by atoms with Gasteiger partial charge in [-0.1, -0.05) is 36.1 Å². The average Bonchev–Trinajstić information content (AvgIpc) is 2.74. The van der Waals surface area contributed by atoms with Crippen LogP contribution in [0, 0.1) is 0 Å². The average molecular weight is 453 g/mol. The maximum Gasteiger partial charge on any atom is 0.297 e. The second-order valence-electron chi connectivity index (χ2n) is 9.02. The number of nitrogens with zero attached hydrogens (tertiary/aromatic N) is 1. The van der Waals surface area contributed by atoms with Gasteiger partial charge in [0.05, 0.1) is 5.52 Å². The van der Waals surface area contributed by atoms with E-state index in [2.05, 4.69) is 33.8 Å². The molecule has 1 aromatic carbocycles. The molecule has 0 amide bonds. The highest BCUT2D eigenvalue weighted by Crippen LogP contribution is 2.34. The molecule has 33 heavy (non-hydrogen) atoms. The quantitative estimate of drug-likeness (QED) is 0.284. The number of anilines is 1. The third-order valence-electron chi connectivity index (χ3n) is 5.41. The number of unbranched alkanes of at least 4 members (excludes halogenated alkanes) is 1. The fourth-order valence-electron chi connectivity index (χ4n) is 3.47. The van der Waals surface area contributed by atoms with Crippen LogP contribution in [0.1, 0.15) is 67.2 Å². The first-order chi connectivity index (χ1) is 15.7. The SMILES string of the molecule is CCCCn1c(=O)c(OCC=C(C)CCC=C(C)C)c(OCC=C(C)C)c2ccc(N)cc21. The van der Waals surface area contributed by atoms with Gasteiger partial charge in [-0.25, -0.2) is 0 Å². The van der Waals surface area contributed by atoms with E-state index in [9.17, 15) is 4.79 Å². The minimum atomic E-state index is -0.177. The van der Waals surface area contributed by atoms with Crippen LogP contribution in [-0.4, -0.2) is 17.8 Å². The summed E-state index contributed by atoms with van der Waals surface area (Å²) in [5.74, 6) is 0.745. The van der Waals surface area contributed by atoms with E-state index in [1.54, 1.807) is 4.57 Å². The number of allylic oxidation sites excluding steroid dienone is 4. The summed E-state index contributed by atoms with van der Waals surface area (Å²) in [6, 6.07) is 5.59. The first-order valence-electron chi connectivity index (χ1n) is 11.9. The van der Waals surface area contributed by atoms with Crippen molar-refractivity contribution in [3.63, 3.8) is 0 Å². The van der Waals surface area contributed by atoms with E-state index in [0.29, 0.717) is 31.2 Å². The summed E-state index contributed by atoms with van der Waals surface area (Å²) < 4.78 is 14.0. The van der Waals surface area contributed by atoms with Crippen LogP contribution in [-0.2, 0) is 6.54 Å². The smallest absolute Gasteiger partial charge is 0.297 e. The maximum absolute atomic E-state index is 13.5. The zero-order chi connectivity index (χ0) is 24.4. The van der Waals surface area contributed by atoms with Crippen molar-refractivity contribution in [1.82, 2.24) is 4.57 Å². The topological polar surface area (TPSA) is 66.5 Å². The number of ether oxygens (including phenoxy) is 2. The lowest BCUT2D eigenvalue weighted by molar-refractivity contribution is 0.304. The van der Waals surface area contributed by atoms with Crippen molar-refractivity contribution in [3.05, 3.63) is 63.5 Å². The van der Waals surface area contributed by atoms with Gasteiger partial charge in [-0.05, 0) is 84.2 Å². The first kappa shape index (κ1) is 26.3. The molecule has 2 rings (SSSR count). The largest absolute Gasteiger partial charge is 0.485 e. The van der Waals surface area contributed by atoms with Crippen LogP contribution in [0.15, 0.2) is 57.9 Å². The fourth-order valence-corrected chi connectivity index (χ4v) is 3.47. The van der Waals surface area contributed by atoms with E-state index in [0.717, 1.165) is 42.2 Å². The molecule has 0 aliphatic rings. The highest BCUT2D eigenvalue weighted by Gasteiger charge is 2.19. The Morgan fingerprint density at radius 3 is 2.30 bits per heavy atom. The number of hydrogen-bond donors (Lipinski definition) is 1. The number of hydrogen-bond acceptors (Lipinski definition) is 4. The Bertz CT molecular complexity index is 1080. The van der Waals surface area contributed by atoms with Crippen molar-refractivity contribution in [2.24, 2.45) is 0 Å². The van der Waals surface area contributed by atoms with Crippen LogP contribution in [0.2, 0.25) is 0 Å². The predicted octanol–water partition coefficient (Wildman–Crippen LogP) is 6.80. The Kier molecular flexibility index (Phi) is 10.3. The van der Waals surface area contributed by atoms with Gasteiger partial charge in [0.15, 0.2) is 5.75 Å². The summed E-state index contributed by atoms with van der Waals surface area (Å²) in [7, 11) is 0. The summed E-state index contributed by atoms with van der Waals surface area (Å²) in [6.07, 6.45) is 10.1. The van der Waals surface area contributed by atoms with E-state index < -0.39 is 0 Å². The molecule has 0 spiro atoms. The summed E-state index contributed by atoms with van der Waals surface area (Å²) in [5.41, 5.74) is 11.0. The van der Waals surface area contributed by atoms with Gasteiger partial charge in [0.25, 0.3) is 5.56 Å². The number of benzene rings is 1. The number of aryl methyl sites for hydroxylation is 1. The van der Waals surface area contributed by atoms with E-state index in [1.807, 2.05) is 44.2 Å². The lowest BCUT2D eigenvalue weighted by Crippen LogP contribution is -2.24. The minimum Gasteiger partial charge on any atom is -0.485 e. The Morgan fingerprint density at radius 1 is 0.970 bits per heavy atom. The fraction of sp³-hybridized carbons (Fsp3) is 0.464. The maximum atomic E-state index is 13.5. The van der Waals surface area contributed by atoms with Crippen molar-refractivity contribution in [1.29, 1.82) is 0 Å². The number of fused-ring (bicyclic) bond motifs is 1. The van der Waals surface area contributed by atoms with Gasteiger partial charge < -0.3 is 19.8 Å². The molecule has 180 valence electrons. The first-order valence-corrected chi connectivity index (χ1v) is 11.9.